The monoisotopic (exact) mass is 196 g/mol. The summed E-state index contributed by atoms with van der Waals surface area (Å²) in [6.45, 7) is 7.18. The summed E-state index contributed by atoms with van der Waals surface area (Å²) in [6.07, 6.45) is 3.55. The molecular formula is C12H20O2. The fraction of sp³-hybridized carbons (Fsp3) is 0.667. The van der Waals surface area contributed by atoms with Gasteiger partial charge in [-0.1, -0.05) is 25.3 Å². The molecule has 0 amide bonds. The van der Waals surface area contributed by atoms with Gasteiger partial charge in [-0.05, 0) is 27.2 Å². The molecule has 0 heterocycles. The molecule has 0 aromatic heterocycles. The molecule has 0 aliphatic carbocycles. The number of Topliss-reactive ketones (excluding diaryl/α,β-unsaturated/α-hetero) is 2. The maximum atomic E-state index is 11.6. The van der Waals surface area contributed by atoms with Crippen LogP contribution in [-0.4, -0.2) is 11.6 Å². The van der Waals surface area contributed by atoms with Crippen LogP contribution in [0.25, 0.3) is 0 Å². The molecule has 0 N–H and O–H groups in total. The van der Waals surface area contributed by atoms with Crippen LogP contribution in [0.15, 0.2) is 11.1 Å². The van der Waals surface area contributed by atoms with E-state index in [9.17, 15) is 9.59 Å². The van der Waals surface area contributed by atoms with Gasteiger partial charge in [0, 0.05) is 6.42 Å². The standard InChI is InChI=1S/C12H20O2/c1-5-6-7-8-11(14)12(9(2)3)10(4)13/h5-8H2,1-4H3. The normalized spacial score (nSPS) is 9.71. The van der Waals surface area contributed by atoms with Crippen molar-refractivity contribution < 1.29 is 9.59 Å². The SMILES string of the molecule is CCCCCC(=O)C(C(C)=O)=C(C)C. The average Bonchev–Trinajstić information content (AvgIpc) is 2.03. The Morgan fingerprint density at radius 1 is 1.00 bits per heavy atom. The molecule has 0 unspecified atom stereocenters. The molecule has 80 valence electrons. The number of hydrogen-bond acceptors (Lipinski definition) is 2. The van der Waals surface area contributed by atoms with Crippen molar-refractivity contribution in [3.8, 4) is 0 Å². The second-order valence-corrected chi connectivity index (χ2v) is 3.81. The van der Waals surface area contributed by atoms with E-state index < -0.39 is 0 Å². The molecule has 0 aromatic rings. The number of rotatable bonds is 6. The highest BCUT2D eigenvalue weighted by atomic mass is 16.1. The fourth-order valence-electron chi connectivity index (χ4n) is 1.49. The summed E-state index contributed by atoms with van der Waals surface area (Å²) in [6, 6.07) is 0. The number of carbonyl (C=O) groups excluding carboxylic acids is 2. The van der Waals surface area contributed by atoms with Crippen LogP contribution in [0.2, 0.25) is 0 Å². The van der Waals surface area contributed by atoms with Gasteiger partial charge in [0.25, 0.3) is 0 Å². The summed E-state index contributed by atoms with van der Waals surface area (Å²) >= 11 is 0. The molecule has 2 nitrogen and oxygen atoms in total. The Morgan fingerprint density at radius 3 is 1.93 bits per heavy atom. The lowest BCUT2D eigenvalue weighted by Crippen LogP contribution is -2.11. The lowest BCUT2D eigenvalue weighted by atomic mass is 9.98. The Balaban J connectivity index is 4.34. The summed E-state index contributed by atoms with van der Waals surface area (Å²) in [5, 5.41) is 0. The minimum Gasteiger partial charge on any atom is -0.294 e. The Labute approximate surface area is 86.4 Å². The molecule has 0 saturated carbocycles. The molecule has 0 bridgehead atoms. The quantitative estimate of drug-likeness (QED) is 0.283. The number of hydrogen-bond donors (Lipinski definition) is 0. The predicted molar refractivity (Wildman–Crippen MR) is 58.2 cm³/mol. The van der Waals surface area contributed by atoms with Gasteiger partial charge in [0.15, 0.2) is 11.6 Å². The van der Waals surface area contributed by atoms with E-state index in [0.717, 1.165) is 24.8 Å². The van der Waals surface area contributed by atoms with Crippen molar-refractivity contribution in [2.24, 2.45) is 0 Å². The highest BCUT2D eigenvalue weighted by Gasteiger charge is 2.14. The van der Waals surface area contributed by atoms with E-state index in [1.54, 1.807) is 0 Å². The predicted octanol–water partition coefficient (Wildman–Crippen LogP) is 3.06. The van der Waals surface area contributed by atoms with Gasteiger partial charge in [0.1, 0.15) is 0 Å². The first-order valence-electron chi connectivity index (χ1n) is 5.22. The zero-order valence-electron chi connectivity index (χ0n) is 9.64. The van der Waals surface area contributed by atoms with E-state index in [-0.39, 0.29) is 11.6 Å². The summed E-state index contributed by atoms with van der Waals surface area (Å²) in [4.78, 5) is 22.8. The van der Waals surface area contributed by atoms with E-state index >= 15 is 0 Å². The second kappa shape index (κ2) is 6.52. The molecule has 0 fully saturated rings. The van der Waals surface area contributed by atoms with Crippen molar-refractivity contribution in [3.05, 3.63) is 11.1 Å². The highest BCUT2D eigenvalue weighted by Crippen LogP contribution is 2.11. The third-order valence-electron chi connectivity index (χ3n) is 2.14. The third kappa shape index (κ3) is 4.35. The first kappa shape index (κ1) is 13.1. The van der Waals surface area contributed by atoms with E-state index in [4.69, 9.17) is 0 Å². The molecule has 0 atom stereocenters. The van der Waals surface area contributed by atoms with Crippen molar-refractivity contribution in [2.75, 3.05) is 0 Å². The maximum Gasteiger partial charge on any atom is 0.166 e. The van der Waals surface area contributed by atoms with Crippen LogP contribution in [0, 0.1) is 0 Å². The van der Waals surface area contributed by atoms with Gasteiger partial charge < -0.3 is 0 Å². The summed E-state index contributed by atoms with van der Waals surface area (Å²) < 4.78 is 0. The van der Waals surface area contributed by atoms with Gasteiger partial charge in [-0.3, -0.25) is 9.59 Å². The van der Waals surface area contributed by atoms with Crippen molar-refractivity contribution in [3.63, 3.8) is 0 Å². The topological polar surface area (TPSA) is 34.1 Å². The van der Waals surface area contributed by atoms with Crippen LogP contribution in [0.5, 0.6) is 0 Å². The second-order valence-electron chi connectivity index (χ2n) is 3.81. The zero-order chi connectivity index (χ0) is 11.1. The first-order chi connectivity index (χ1) is 6.50. The van der Waals surface area contributed by atoms with Crippen molar-refractivity contribution in [2.45, 2.75) is 53.4 Å². The molecule has 0 spiro atoms. The summed E-state index contributed by atoms with van der Waals surface area (Å²) in [5.74, 6) is -0.0996. The zero-order valence-corrected chi connectivity index (χ0v) is 9.64. The van der Waals surface area contributed by atoms with Crippen molar-refractivity contribution in [1.29, 1.82) is 0 Å². The van der Waals surface area contributed by atoms with Crippen molar-refractivity contribution in [1.82, 2.24) is 0 Å². The van der Waals surface area contributed by atoms with Gasteiger partial charge in [-0.15, -0.1) is 0 Å². The number of carbonyl (C=O) groups is 2. The van der Waals surface area contributed by atoms with Crippen LogP contribution in [0.3, 0.4) is 0 Å². The minimum absolute atomic E-state index is 0.00551. The van der Waals surface area contributed by atoms with E-state index in [1.165, 1.54) is 6.92 Å². The van der Waals surface area contributed by atoms with Gasteiger partial charge >= 0.3 is 0 Å². The molecule has 2 heteroatoms. The van der Waals surface area contributed by atoms with Crippen LogP contribution in [-0.2, 0) is 9.59 Å². The molecule has 14 heavy (non-hydrogen) atoms. The van der Waals surface area contributed by atoms with Crippen molar-refractivity contribution >= 4 is 11.6 Å². The van der Waals surface area contributed by atoms with Crippen LogP contribution in [0.1, 0.15) is 53.4 Å². The Morgan fingerprint density at radius 2 is 1.57 bits per heavy atom. The number of ketones is 2. The first-order valence-corrected chi connectivity index (χ1v) is 5.22. The molecule has 0 aliphatic rings. The molecule has 0 aliphatic heterocycles. The summed E-state index contributed by atoms with van der Waals surface area (Å²) in [7, 11) is 0. The maximum absolute atomic E-state index is 11.6. The third-order valence-corrected chi connectivity index (χ3v) is 2.14. The Kier molecular flexibility index (Phi) is 6.09. The minimum atomic E-state index is -0.105. The van der Waals surface area contributed by atoms with Gasteiger partial charge in [-0.25, -0.2) is 0 Å². The Hall–Kier alpha value is -0.920. The lowest BCUT2D eigenvalue weighted by Gasteiger charge is -2.04. The largest absolute Gasteiger partial charge is 0.294 e. The molecule has 0 aromatic carbocycles. The van der Waals surface area contributed by atoms with Crippen LogP contribution >= 0.6 is 0 Å². The number of allylic oxidation sites excluding steroid dienone is 2. The highest BCUT2D eigenvalue weighted by molar-refractivity contribution is 6.19. The smallest absolute Gasteiger partial charge is 0.166 e. The van der Waals surface area contributed by atoms with E-state index in [0.29, 0.717) is 12.0 Å². The van der Waals surface area contributed by atoms with E-state index in [1.807, 2.05) is 13.8 Å². The average molecular weight is 196 g/mol. The lowest BCUT2D eigenvalue weighted by molar-refractivity contribution is -0.120. The number of unbranched alkanes of at least 4 members (excludes halogenated alkanes) is 2. The molecule has 0 rings (SSSR count). The van der Waals surface area contributed by atoms with E-state index in [2.05, 4.69) is 6.92 Å². The fourth-order valence-corrected chi connectivity index (χ4v) is 1.49. The van der Waals surface area contributed by atoms with Crippen LogP contribution < -0.4 is 0 Å². The van der Waals surface area contributed by atoms with Gasteiger partial charge in [-0.2, -0.15) is 0 Å². The Bertz CT molecular complexity index is 245. The van der Waals surface area contributed by atoms with Gasteiger partial charge in [0.2, 0.25) is 0 Å². The molecule has 0 radical (unpaired) electrons. The van der Waals surface area contributed by atoms with Gasteiger partial charge in [0.05, 0.1) is 5.57 Å². The molecular weight excluding hydrogens is 176 g/mol. The summed E-state index contributed by atoms with van der Waals surface area (Å²) in [5.41, 5.74) is 1.24. The molecule has 0 saturated heterocycles. The van der Waals surface area contributed by atoms with Crippen LogP contribution in [0.4, 0.5) is 0 Å².